The van der Waals surface area contributed by atoms with Crippen LogP contribution in [0.5, 0.6) is 0 Å². The normalized spacial score (nSPS) is 24.7. The fourth-order valence-corrected chi connectivity index (χ4v) is 5.19. The van der Waals surface area contributed by atoms with Gasteiger partial charge in [0.1, 0.15) is 6.26 Å². The SMILES string of the molecule is O=C(C1CC1)N1CCC2(CC1)CN(CCc1ccccc1)CC2c1ncco1. The van der Waals surface area contributed by atoms with Crippen LogP contribution in [-0.4, -0.2) is 53.4 Å². The molecule has 1 atom stereocenters. The minimum absolute atomic E-state index is 0.182. The second-order valence-electron chi connectivity index (χ2n) is 8.86. The zero-order valence-electron chi connectivity index (χ0n) is 16.4. The van der Waals surface area contributed by atoms with Crippen molar-refractivity contribution in [2.45, 2.75) is 38.0 Å². The maximum atomic E-state index is 12.5. The number of carbonyl (C=O) groups excluding carboxylic acids is 1. The highest BCUT2D eigenvalue weighted by Crippen LogP contribution is 2.49. The number of hydrogen-bond donors (Lipinski definition) is 0. The molecule has 5 nitrogen and oxygen atoms in total. The number of carbonyl (C=O) groups is 1. The van der Waals surface area contributed by atoms with Crippen molar-refractivity contribution in [3.05, 3.63) is 54.2 Å². The predicted octanol–water partition coefficient (Wildman–Crippen LogP) is 3.34. The van der Waals surface area contributed by atoms with Crippen molar-refractivity contribution in [1.82, 2.24) is 14.8 Å². The summed E-state index contributed by atoms with van der Waals surface area (Å²) in [5.41, 5.74) is 1.57. The number of benzene rings is 1. The minimum Gasteiger partial charge on any atom is -0.449 e. The monoisotopic (exact) mass is 379 g/mol. The summed E-state index contributed by atoms with van der Waals surface area (Å²) in [5.74, 6) is 1.92. The van der Waals surface area contributed by atoms with Crippen LogP contribution in [0, 0.1) is 11.3 Å². The van der Waals surface area contributed by atoms with Crippen molar-refractivity contribution in [3.8, 4) is 0 Å². The molecule has 0 bridgehead atoms. The van der Waals surface area contributed by atoms with E-state index in [1.807, 2.05) is 0 Å². The molecular formula is C23H29N3O2. The Morgan fingerprint density at radius 3 is 2.64 bits per heavy atom. The first-order valence-electron chi connectivity index (χ1n) is 10.7. The van der Waals surface area contributed by atoms with E-state index in [0.717, 1.165) is 70.7 Å². The highest BCUT2D eigenvalue weighted by Gasteiger charge is 2.51. The number of oxazole rings is 1. The summed E-state index contributed by atoms with van der Waals surface area (Å²) < 4.78 is 5.76. The first kappa shape index (κ1) is 17.9. The molecule has 1 unspecified atom stereocenters. The summed E-state index contributed by atoms with van der Waals surface area (Å²) in [4.78, 5) is 21.7. The summed E-state index contributed by atoms with van der Waals surface area (Å²) >= 11 is 0. The van der Waals surface area contributed by atoms with Crippen molar-refractivity contribution in [2.75, 3.05) is 32.7 Å². The molecule has 2 aliphatic heterocycles. The molecule has 28 heavy (non-hydrogen) atoms. The van der Waals surface area contributed by atoms with Gasteiger partial charge in [-0.15, -0.1) is 0 Å². The van der Waals surface area contributed by atoms with E-state index in [9.17, 15) is 4.79 Å². The summed E-state index contributed by atoms with van der Waals surface area (Å²) in [6.45, 7) is 4.92. The smallest absolute Gasteiger partial charge is 0.225 e. The van der Waals surface area contributed by atoms with Gasteiger partial charge >= 0.3 is 0 Å². The molecule has 2 saturated heterocycles. The molecule has 5 heteroatoms. The Bertz CT molecular complexity index is 793. The maximum Gasteiger partial charge on any atom is 0.225 e. The molecule has 5 rings (SSSR count). The Morgan fingerprint density at radius 2 is 1.96 bits per heavy atom. The molecule has 1 aromatic carbocycles. The Labute approximate surface area is 166 Å². The van der Waals surface area contributed by atoms with Crippen LogP contribution in [0.2, 0.25) is 0 Å². The van der Waals surface area contributed by atoms with Crippen LogP contribution in [0.4, 0.5) is 0 Å². The van der Waals surface area contributed by atoms with E-state index in [1.54, 1.807) is 12.5 Å². The fourth-order valence-electron chi connectivity index (χ4n) is 5.19. The van der Waals surface area contributed by atoms with E-state index in [1.165, 1.54) is 5.56 Å². The molecule has 1 saturated carbocycles. The van der Waals surface area contributed by atoms with Crippen LogP contribution >= 0.6 is 0 Å². The van der Waals surface area contributed by atoms with Crippen molar-refractivity contribution >= 4 is 5.91 Å². The van der Waals surface area contributed by atoms with Gasteiger partial charge in [-0.25, -0.2) is 4.98 Å². The summed E-state index contributed by atoms with van der Waals surface area (Å²) in [6, 6.07) is 10.7. The molecule has 1 aromatic heterocycles. The van der Waals surface area contributed by atoms with Crippen LogP contribution < -0.4 is 0 Å². The molecule has 3 heterocycles. The molecule has 3 aliphatic rings. The Morgan fingerprint density at radius 1 is 1.18 bits per heavy atom. The predicted molar refractivity (Wildman–Crippen MR) is 107 cm³/mol. The molecule has 1 aliphatic carbocycles. The lowest BCUT2D eigenvalue weighted by molar-refractivity contribution is -0.135. The topological polar surface area (TPSA) is 49.6 Å². The molecule has 3 fully saturated rings. The number of aromatic nitrogens is 1. The summed E-state index contributed by atoms with van der Waals surface area (Å²) in [5, 5.41) is 0. The van der Waals surface area contributed by atoms with Gasteiger partial charge in [-0.1, -0.05) is 30.3 Å². The van der Waals surface area contributed by atoms with E-state index < -0.39 is 0 Å². The van der Waals surface area contributed by atoms with E-state index in [2.05, 4.69) is 45.1 Å². The number of rotatable bonds is 5. The van der Waals surface area contributed by atoms with Crippen molar-refractivity contribution in [1.29, 1.82) is 0 Å². The largest absolute Gasteiger partial charge is 0.449 e. The molecule has 0 radical (unpaired) electrons. The third kappa shape index (κ3) is 3.48. The number of likely N-dealkylation sites (tertiary alicyclic amines) is 2. The van der Waals surface area contributed by atoms with Crippen molar-refractivity contribution in [2.24, 2.45) is 11.3 Å². The van der Waals surface area contributed by atoms with Gasteiger partial charge < -0.3 is 14.2 Å². The molecular weight excluding hydrogens is 350 g/mol. The van der Waals surface area contributed by atoms with Crippen molar-refractivity contribution in [3.63, 3.8) is 0 Å². The Balaban J connectivity index is 1.28. The fraction of sp³-hybridized carbons (Fsp3) is 0.565. The third-order valence-electron chi connectivity index (χ3n) is 7.03. The Kier molecular flexibility index (Phi) is 4.71. The lowest BCUT2D eigenvalue weighted by atomic mass is 9.70. The van der Waals surface area contributed by atoms with E-state index in [0.29, 0.717) is 17.7 Å². The van der Waals surface area contributed by atoms with E-state index in [-0.39, 0.29) is 5.41 Å². The van der Waals surface area contributed by atoms with Crippen LogP contribution in [0.15, 0.2) is 47.2 Å². The first-order valence-corrected chi connectivity index (χ1v) is 10.7. The number of amides is 1. The number of hydrogen-bond acceptors (Lipinski definition) is 4. The minimum atomic E-state index is 0.182. The Hall–Kier alpha value is -2.14. The average molecular weight is 380 g/mol. The number of nitrogens with zero attached hydrogens (tertiary/aromatic N) is 3. The van der Waals surface area contributed by atoms with Gasteiger partial charge in [0.15, 0.2) is 5.89 Å². The van der Waals surface area contributed by atoms with Gasteiger partial charge in [0.05, 0.1) is 12.1 Å². The molecule has 2 aromatic rings. The van der Waals surface area contributed by atoms with Gasteiger partial charge in [-0.05, 0) is 43.1 Å². The maximum absolute atomic E-state index is 12.5. The lowest BCUT2D eigenvalue weighted by Gasteiger charge is -2.42. The van der Waals surface area contributed by atoms with E-state index >= 15 is 0 Å². The van der Waals surface area contributed by atoms with Crippen LogP contribution in [-0.2, 0) is 11.2 Å². The summed E-state index contributed by atoms with van der Waals surface area (Å²) in [7, 11) is 0. The zero-order valence-corrected chi connectivity index (χ0v) is 16.4. The van der Waals surface area contributed by atoms with Gasteiger partial charge in [0, 0.05) is 38.6 Å². The number of piperidine rings is 1. The quantitative estimate of drug-likeness (QED) is 0.800. The van der Waals surface area contributed by atoms with Crippen LogP contribution in [0.3, 0.4) is 0 Å². The molecule has 0 N–H and O–H groups in total. The zero-order chi connectivity index (χ0) is 19.0. The molecule has 148 valence electrons. The van der Waals surface area contributed by atoms with Crippen molar-refractivity contribution < 1.29 is 9.21 Å². The highest BCUT2D eigenvalue weighted by molar-refractivity contribution is 5.81. The van der Waals surface area contributed by atoms with Crippen LogP contribution in [0.25, 0.3) is 0 Å². The second-order valence-corrected chi connectivity index (χ2v) is 8.86. The highest BCUT2D eigenvalue weighted by atomic mass is 16.3. The standard InChI is InChI=1S/C23H29N3O2/c27-22(19-6-7-19)26-13-9-23(10-14-26)17-25(12-8-18-4-2-1-3-5-18)16-20(23)21-24-11-15-28-21/h1-5,11,15,19-20H,6-10,12-14,16-17H2. The molecule has 1 amide bonds. The molecule has 1 spiro atoms. The second kappa shape index (κ2) is 7.36. The van der Waals surface area contributed by atoms with E-state index in [4.69, 9.17) is 4.42 Å². The van der Waals surface area contributed by atoms with Gasteiger partial charge in [-0.2, -0.15) is 0 Å². The van der Waals surface area contributed by atoms with Crippen LogP contribution in [0.1, 0.15) is 43.1 Å². The lowest BCUT2D eigenvalue weighted by Crippen LogP contribution is -2.46. The van der Waals surface area contributed by atoms with Gasteiger partial charge in [0.2, 0.25) is 5.91 Å². The summed E-state index contributed by atoms with van der Waals surface area (Å²) in [6.07, 6.45) is 8.82. The third-order valence-corrected chi connectivity index (χ3v) is 7.03. The van der Waals surface area contributed by atoms with Gasteiger partial charge in [-0.3, -0.25) is 4.79 Å². The average Bonchev–Trinajstić information content (AvgIpc) is 3.33. The first-order chi connectivity index (χ1) is 13.7. The van der Waals surface area contributed by atoms with Gasteiger partial charge in [0.25, 0.3) is 0 Å².